The summed E-state index contributed by atoms with van der Waals surface area (Å²) in [5.74, 6) is 0.809. The molecule has 0 aliphatic carbocycles. The summed E-state index contributed by atoms with van der Waals surface area (Å²) in [6.07, 6.45) is 1.92. The first-order valence-corrected chi connectivity index (χ1v) is 8.48. The third kappa shape index (κ3) is 5.64. The van der Waals surface area contributed by atoms with Gasteiger partial charge in [0.15, 0.2) is 5.75 Å². The Morgan fingerprint density at radius 3 is 2.40 bits per heavy atom. The molecule has 0 atom stereocenters. The van der Waals surface area contributed by atoms with E-state index in [-0.39, 0.29) is 18.4 Å². The van der Waals surface area contributed by atoms with Crippen molar-refractivity contribution >= 4 is 17.5 Å². The van der Waals surface area contributed by atoms with Crippen LogP contribution in [0.5, 0.6) is 11.5 Å². The van der Waals surface area contributed by atoms with Crippen molar-refractivity contribution in [2.45, 2.75) is 26.7 Å². The highest BCUT2D eigenvalue weighted by Gasteiger charge is 2.19. The quantitative estimate of drug-likeness (QED) is 0.745. The lowest BCUT2D eigenvalue weighted by atomic mass is 10.2. The van der Waals surface area contributed by atoms with Crippen molar-refractivity contribution in [1.29, 1.82) is 0 Å². The molecule has 2 aromatic carbocycles. The third-order valence-electron chi connectivity index (χ3n) is 3.66. The fourth-order valence-electron chi connectivity index (χ4n) is 2.35. The first-order chi connectivity index (χ1) is 12.1. The molecule has 0 spiro atoms. The van der Waals surface area contributed by atoms with Gasteiger partial charge in [0.2, 0.25) is 11.8 Å². The predicted octanol–water partition coefficient (Wildman–Crippen LogP) is 3.75. The molecule has 0 aliphatic heterocycles. The number of benzene rings is 2. The van der Waals surface area contributed by atoms with Gasteiger partial charge in [-0.2, -0.15) is 0 Å². The highest BCUT2D eigenvalue weighted by molar-refractivity contribution is 5.98. The van der Waals surface area contributed by atoms with E-state index in [1.807, 2.05) is 42.5 Å². The van der Waals surface area contributed by atoms with Crippen LogP contribution in [0, 0.1) is 0 Å². The van der Waals surface area contributed by atoms with Crippen LogP contribution in [0.25, 0.3) is 0 Å². The number of rotatable bonds is 8. The summed E-state index contributed by atoms with van der Waals surface area (Å²) in [6, 6.07) is 16.6. The van der Waals surface area contributed by atoms with Gasteiger partial charge < -0.3 is 10.1 Å². The number of unbranched alkanes of at least 4 members (excludes halogenated alkanes) is 1. The number of ether oxygens (including phenoxy) is 1. The maximum Gasteiger partial charge on any atom is 0.240 e. The van der Waals surface area contributed by atoms with E-state index in [1.165, 1.54) is 11.8 Å². The molecule has 0 saturated carbocycles. The van der Waals surface area contributed by atoms with Gasteiger partial charge in [-0.05, 0) is 30.7 Å². The largest absolute Gasteiger partial charge is 0.455 e. The van der Waals surface area contributed by atoms with E-state index < -0.39 is 0 Å². The smallest absolute Gasteiger partial charge is 0.240 e. The molecule has 0 aromatic heterocycles. The van der Waals surface area contributed by atoms with Crippen LogP contribution in [-0.4, -0.2) is 24.9 Å². The summed E-state index contributed by atoms with van der Waals surface area (Å²) in [4.78, 5) is 25.7. The molecule has 25 heavy (non-hydrogen) atoms. The third-order valence-corrected chi connectivity index (χ3v) is 3.66. The maximum atomic E-state index is 12.1. The monoisotopic (exact) mass is 340 g/mol. The molecule has 0 saturated heterocycles. The molecule has 132 valence electrons. The highest BCUT2D eigenvalue weighted by Crippen LogP contribution is 2.32. The number of nitrogens with one attached hydrogen (secondary N) is 1. The van der Waals surface area contributed by atoms with E-state index in [1.54, 1.807) is 12.1 Å². The number of carbonyl (C=O) groups excluding carboxylic acids is 2. The zero-order valence-electron chi connectivity index (χ0n) is 14.7. The second-order valence-electron chi connectivity index (χ2n) is 5.69. The first-order valence-electron chi connectivity index (χ1n) is 8.48. The molecule has 0 aliphatic rings. The van der Waals surface area contributed by atoms with Gasteiger partial charge in [0.25, 0.3) is 0 Å². The summed E-state index contributed by atoms with van der Waals surface area (Å²) < 4.78 is 5.90. The second-order valence-corrected chi connectivity index (χ2v) is 5.69. The normalized spacial score (nSPS) is 10.2. The molecular weight excluding hydrogens is 316 g/mol. The summed E-state index contributed by atoms with van der Waals surface area (Å²) >= 11 is 0. The lowest BCUT2D eigenvalue weighted by molar-refractivity contribution is -0.123. The van der Waals surface area contributed by atoms with Gasteiger partial charge >= 0.3 is 0 Å². The van der Waals surface area contributed by atoms with Crippen molar-refractivity contribution < 1.29 is 14.3 Å². The molecule has 2 amide bonds. The van der Waals surface area contributed by atoms with Crippen LogP contribution >= 0.6 is 0 Å². The Morgan fingerprint density at radius 1 is 1.04 bits per heavy atom. The second kappa shape index (κ2) is 9.47. The maximum absolute atomic E-state index is 12.1. The van der Waals surface area contributed by atoms with Crippen LogP contribution in [0.2, 0.25) is 0 Å². The summed E-state index contributed by atoms with van der Waals surface area (Å²) in [6.45, 7) is 4.08. The van der Waals surface area contributed by atoms with Crippen LogP contribution in [0.3, 0.4) is 0 Å². The summed E-state index contributed by atoms with van der Waals surface area (Å²) in [5, 5.41) is 2.83. The Morgan fingerprint density at radius 2 is 1.72 bits per heavy atom. The molecule has 2 rings (SSSR count). The highest BCUT2D eigenvalue weighted by atomic mass is 16.5. The molecule has 5 nitrogen and oxygen atoms in total. The lowest BCUT2D eigenvalue weighted by Crippen LogP contribution is -2.40. The zero-order valence-corrected chi connectivity index (χ0v) is 14.7. The molecular formula is C20H24N2O3. The minimum absolute atomic E-state index is 0.0335. The van der Waals surface area contributed by atoms with E-state index in [0.29, 0.717) is 23.7 Å². The van der Waals surface area contributed by atoms with Crippen molar-refractivity contribution in [3.63, 3.8) is 0 Å². The fourth-order valence-corrected chi connectivity index (χ4v) is 2.35. The molecule has 0 radical (unpaired) electrons. The van der Waals surface area contributed by atoms with Gasteiger partial charge in [-0.15, -0.1) is 0 Å². The van der Waals surface area contributed by atoms with Gasteiger partial charge in [-0.3, -0.25) is 14.5 Å². The lowest BCUT2D eigenvalue weighted by Gasteiger charge is -2.23. The van der Waals surface area contributed by atoms with Gasteiger partial charge in [-0.25, -0.2) is 0 Å². The minimum atomic E-state index is -0.213. The number of hydrogen-bond acceptors (Lipinski definition) is 3. The van der Waals surface area contributed by atoms with E-state index >= 15 is 0 Å². The molecule has 0 bridgehead atoms. The minimum Gasteiger partial charge on any atom is -0.455 e. The van der Waals surface area contributed by atoms with Crippen LogP contribution in [-0.2, 0) is 9.59 Å². The molecule has 5 heteroatoms. The number of anilines is 1. The van der Waals surface area contributed by atoms with Crippen molar-refractivity contribution in [2.24, 2.45) is 0 Å². The molecule has 0 fully saturated rings. The zero-order chi connectivity index (χ0) is 18.1. The average Bonchev–Trinajstić information content (AvgIpc) is 2.61. The Hall–Kier alpha value is -2.82. The van der Waals surface area contributed by atoms with Crippen molar-refractivity contribution in [3.8, 4) is 11.5 Å². The number of amides is 2. The SMILES string of the molecule is CCCCNC(=O)CN(C(C)=O)c1ccccc1Oc1ccccc1. The van der Waals surface area contributed by atoms with Crippen LogP contribution in [0.4, 0.5) is 5.69 Å². The van der Waals surface area contributed by atoms with Gasteiger partial charge in [-0.1, -0.05) is 43.7 Å². The van der Waals surface area contributed by atoms with Gasteiger partial charge in [0.05, 0.1) is 5.69 Å². The number of nitrogens with zero attached hydrogens (tertiary/aromatic N) is 1. The van der Waals surface area contributed by atoms with Crippen molar-refractivity contribution in [3.05, 3.63) is 54.6 Å². The molecule has 0 unspecified atom stereocenters. The van der Waals surface area contributed by atoms with Gasteiger partial charge in [0.1, 0.15) is 12.3 Å². The Bertz CT molecular complexity index is 701. The van der Waals surface area contributed by atoms with Crippen molar-refractivity contribution in [2.75, 3.05) is 18.0 Å². The summed E-state index contributed by atoms with van der Waals surface area (Å²) in [5.41, 5.74) is 0.574. The fraction of sp³-hybridized carbons (Fsp3) is 0.300. The van der Waals surface area contributed by atoms with E-state index in [0.717, 1.165) is 12.8 Å². The summed E-state index contributed by atoms with van der Waals surface area (Å²) in [7, 11) is 0. The van der Waals surface area contributed by atoms with Crippen molar-refractivity contribution in [1.82, 2.24) is 5.32 Å². The van der Waals surface area contributed by atoms with E-state index in [9.17, 15) is 9.59 Å². The van der Waals surface area contributed by atoms with E-state index in [2.05, 4.69) is 12.2 Å². The molecule has 0 heterocycles. The standard InChI is InChI=1S/C20H24N2O3/c1-3-4-14-21-20(24)15-22(16(2)23)18-12-8-9-13-19(18)25-17-10-6-5-7-11-17/h5-13H,3-4,14-15H2,1-2H3,(H,21,24). The van der Waals surface area contributed by atoms with Crippen LogP contribution in [0.1, 0.15) is 26.7 Å². The average molecular weight is 340 g/mol. The van der Waals surface area contributed by atoms with Crippen LogP contribution in [0.15, 0.2) is 54.6 Å². The topological polar surface area (TPSA) is 58.6 Å². The van der Waals surface area contributed by atoms with Crippen LogP contribution < -0.4 is 15.0 Å². The van der Waals surface area contributed by atoms with Gasteiger partial charge in [0, 0.05) is 13.5 Å². The number of hydrogen-bond donors (Lipinski definition) is 1. The van der Waals surface area contributed by atoms with E-state index in [4.69, 9.17) is 4.74 Å². The number of para-hydroxylation sites is 3. The Labute approximate surface area is 148 Å². The first kappa shape index (κ1) is 18.5. The number of carbonyl (C=O) groups is 2. The Balaban J connectivity index is 2.18. The molecule has 1 N–H and O–H groups in total. The Kier molecular flexibility index (Phi) is 7.01. The predicted molar refractivity (Wildman–Crippen MR) is 98.9 cm³/mol. The molecule has 2 aromatic rings.